The number of fused-ring (bicyclic) bond motifs is 1. The lowest BCUT2D eigenvalue weighted by molar-refractivity contribution is 0.274. The van der Waals surface area contributed by atoms with Crippen LogP contribution in [0.5, 0.6) is 5.75 Å². The van der Waals surface area contributed by atoms with Gasteiger partial charge in [0.05, 0.1) is 19.0 Å². The van der Waals surface area contributed by atoms with Crippen LogP contribution in [0.25, 0.3) is 0 Å². The molecule has 0 bridgehead atoms. The van der Waals surface area contributed by atoms with Crippen LogP contribution in [0.15, 0.2) is 35.4 Å². The molecule has 0 fully saturated rings. The molecule has 2 aromatic rings. The lowest BCUT2D eigenvalue weighted by Crippen LogP contribution is -2.22. The molecular weight excluding hydrogens is 266 g/mol. The van der Waals surface area contributed by atoms with Crippen molar-refractivity contribution >= 4 is 17.4 Å². The Labute approximate surface area is 114 Å². The fourth-order valence-electron chi connectivity index (χ4n) is 2.14. The average molecular weight is 278 g/mol. The van der Waals surface area contributed by atoms with Gasteiger partial charge in [0.1, 0.15) is 10.8 Å². The molecule has 0 radical (unpaired) electrons. The second kappa shape index (κ2) is 4.93. The number of hydrogen-bond acceptors (Lipinski definition) is 4. The van der Waals surface area contributed by atoms with Crippen LogP contribution in [-0.4, -0.2) is 16.6 Å². The van der Waals surface area contributed by atoms with E-state index in [4.69, 9.17) is 16.3 Å². The Kier molecular flexibility index (Phi) is 3.13. The Morgan fingerprint density at radius 1 is 1.42 bits per heavy atom. The molecule has 3 rings (SSSR count). The Morgan fingerprint density at radius 3 is 3.16 bits per heavy atom. The molecule has 0 amide bonds. The lowest BCUT2D eigenvalue weighted by Gasteiger charge is -2.27. The molecule has 2 heterocycles. The van der Waals surface area contributed by atoms with Crippen LogP contribution in [0.2, 0.25) is 5.02 Å². The molecule has 19 heavy (non-hydrogen) atoms. The van der Waals surface area contributed by atoms with Crippen LogP contribution in [0, 0.1) is 0 Å². The van der Waals surface area contributed by atoms with E-state index in [-0.39, 0.29) is 16.6 Å². The molecule has 0 aliphatic carbocycles. The summed E-state index contributed by atoms with van der Waals surface area (Å²) >= 11 is 5.94. The van der Waals surface area contributed by atoms with Gasteiger partial charge in [-0.05, 0) is 6.07 Å². The summed E-state index contributed by atoms with van der Waals surface area (Å²) in [6.07, 6.45) is 2.13. The van der Waals surface area contributed by atoms with Crippen molar-refractivity contribution in [2.75, 3.05) is 11.9 Å². The van der Waals surface area contributed by atoms with E-state index in [1.54, 1.807) is 0 Å². The van der Waals surface area contributed by atoms with E-state index in [9.17, 15) is 4.79 Å². The van der Waals surface area contributed by atoms with Crippen LogP contribution < -0.4 is 15.6 Å². The van der Waals surface area contributed by atoms with E-state index in [2.05, 4.69) is 15.3 Å². The highest BCUT2D eigenvalue weighted by Gasteiger charge is 2.22. The number of rotatable bonds is 2. The van der Waals surface area contributed by atoms with Crippen molar-refractivity contribution in [1.82, 2.24) is 9.97 Å². The first-order valence-electron chi connectivity index (χ1n) is 5.97. The van der Waals surface area contributed by atoms with Gasteiger partial charge in [-0.25, -0.2) is 4.98 Å². The number of halogens is 1. The third-order valence-corrected chi connectivity index (χ3v) is 3.42. The molecule has 1 aliphatic heterocycles. The van der Waals surface area contributed by atoms with Crippen LogP contribution in [0.4, 0.5) is 5.82 Å². The van der Waals surface area contributed by atoms with Crippen LogP contribution in [-0.2, 0) is 0 Å². The summed E-state index contributed by atoms with van der Waals surface area (Å²) in [5, 5.41) is 3.28. The number of aromatic nitrogens is 2. The summed E-state index contributed by atoms with van der Waals surface area (Å²) in [4.78, 5) is 17.9. The predicted molar refractivity (Wildman–Crippen MR) is 72.8 cm³/mol. The number of benzene rings is 1. The highest BCUT2D eigenvalue weighted by atomic mass is 35.5. The molecule has 1 unspecified atom stereocenters. The Balaban J connectivity index is 1.93. The van der Waals surface area contributed by atoms with Gasteiger partial charge in [0, 0.05) is 12.0 Å². The molecule has 0 spiro atoms. The molecule has 6 heteroatoms. The number of nitrogens with zero attached hydrogens (tertiary/aromatic N) is 1. The Bertz CT molecular complexity index is 656. The first-order chi connectivity index (χ1) is 9.25. The first-order valence-corrected chi connectivity index (χ1v) is 6.35. The van der Waals surface area contributed by atoms with Gasteiger partial charge >= 0.3 is 0 Å². The molecule has 5 nitrogen and oxygen atoms in total. The molecule has 98 valence electrons. The number of ether oxygens (including phenoxy) is 1. The summed E-state index contributed by atoms with van der Waals surface area (Å²) in [5.41, 5.74) is 0.700. The SMILES string of the molecule is O=c1[nH]cnc(NC2CCOc3ccccc32)c1Cl. The van der Waals surface area contributed by atoms with Gasteiger partial charge in [0.15, 0.2) is 5.82 Å². The van der Waals surface area contributed by atoms with E-state index in [1.807, 2.05) is 24.3 Å². The van der Waals surface area contributed by atoms with Gasteiger partial charge in [0.2, 0.25) is 0 Å². The number of anilines is 1. The standard InChI is InChI=1S/C13H12ClN3O2/c14-11-12(15-7-16-13(11)18)17-9-5-6-19-10-4-2-1-3-8(9)10/h1-4,7,9H,5-6H2,(H2,15,16,17,18). The van der Waals surface area contributed by atoms with Crippen molar-refractivity contribution in [1.29, 1.82) is 0 Å². The van der Waals surface area contributed by atoms with E-state index >= 15 is 0 Å². The van der Waals surface area contributed by atoms with Crippen LogP contribution in [0.1, 0.15) is 18.0 Å². The maximum atomic E-state index is 11.4. The maximum Gasteiger partial charge on any atom is 0.271 e. The smallest absolute Gasteiger partial charge is 0.271 e. The summed E-state index contributed by atoms with van der Waals surface area (Å²) in [5.74, 6) is 1.25. The van der Waals surface area contributed by atoms with Gasteiger partial charge < -0.3 is 15.0 Å². The van der Waals surface area contributed by atoms with Gasteiger partial charge in [-0.15, -0.1) is 0 Å². The summed E-state index contributed by atoms with van der Waals surface area (Å²) < 4.78 is 5.58. The molecule has 2 N–H and O–H groups in total. The van der Waals surface area contributed by atoms with Crippen molar-refractivity contribution in [3.8, 4) is 5.75 Å². The third-order valence-electron chi connectivity index (χ3n) is 3.07. The van der Waals surface area contributed by atoms with E-state index in [0.29, 0.717) is 12.4 Å². The molecule has 0 saturated carbocycles. The summed E-state index contributed by atoms with van der Waals surface area (Å²) in [6.45, 7) is 0.621. The van der Waals surface area contributed by atoms with E-state index in [0.717, 1.165) is 17.7 Å². The third kappa shape index (κ3) is 2.29. The first kappa shape index (κ1) is 12.0. The average Bonchev–Trinajstić information content (AvgIpc) is 2.44. The second-order valence-corrected chi connectivity index (χ2v) is 4.64. The van der Waals surface area contributed by atoms with E-state index in [1.165, 1.54) is 6.33 Å². The zero-order valence-corrected chi connectivity index (χ0v) is 10.8. The molecule has 0 saturated heterocycles. The molecule has 1 aromatic carbocycles. The molecule has 1 aromatic heterocycles. The zero-order chi connectivity index (χ0) is 13.2. The minimum Gasteiger partial charge on any atom is -0.493 e. The fourth-order valence-corrected chi connectivity index (χ4v) is 2.30. The van der Waals surface area contributed by atoms with Gasteiger partial charge in [0.25, 0.3) is 5.56 Å². The van der Waals surface area contributed by atoms with Crippen LogP contribution in [0.3, 0.4) is 0 Å². The highest BCUT2D eigenvalue weighted by molar-refractivity contribution is 6.32. The Hall–Kier alpha value is -2.01. The number of nitrogens with one attached hydrogen (secondary N) is 2. The maximum absolute atomic E-state index is 11.4. The van der Waals surface area contributed by atoms with Crippen molar-refractivity contribution in [3.63, 3.8) is 0 Å². The molecular formula is C13H12ClN3O2. The number of aromatic amines is 1. The quantitative estimate of drug-likeness (QED) is 0.884. The van der Waals surface area contributed by atoms with Crippen molar-refractivity contribution in [2.45, 2.75) is 12.5 Å². The normalized spacial score (nSPS) is 17.4. The molecule has 1 aliphatic rings. The van der Waals surface area contributed by atoms with Gasteiger partial charge in [-0.3, -0.25) is 4.79 Å². The highest BCUT2D eigenvalue weighted by Crippen LogP contribution is 2.34. The van der Waals surface area contributed by atoms with Crippen molar-refractivity contribution < 1.29 is 4.74 Å². The molecule has 1 atom stereocenters. The number of para-hydroxylation sites is 1. The predicted octanol–water partition coefficient (Wildman–Crippen LogP) is 2.36. The minimum atomic E-state index is -0.348. The fraction of sp³-hybridized carbons (Fsp3) is 0.231. The van der Waals surface area contributed by atoms with E-state index < -0.39 is 0 Å². The number of hydrogen-bond donors (Lipinski definition) is 2. The second-order valence-electron chi connectivity index (χ2n) is 4.27. The van der Waals surface area contributed by atoms with Crippen LogP contribution >= 0.6 is 11.6 Å². The van der Waals surface area contributed by atoms with Gasteiger partial charge in [-0.1, -0.05) is 29.8 Å². The van der Waals surface area contributed by atoms with Crippen molar-refractivity contribution in [3.05, 3.63) is 51.5 Å². The Morgan fingerprint density at radius 2 is 2.26 bits per heavy atom. The zero-order valence-electron chi connectivity index (χ0n) is 10.0. The summed E-state index contributed by atoms with van der Waals surface area (Å²) in [6, 6.07) is 7.84. The summed E-state index contributed by atoms with van der Waals surface area (Å²) in [7, 11) is 0. The topological polar surface area (TPSA) is 67.0 Å². The minimum absolute atomic E-state index is 0.0387. The number of H-pyrrole nitrogens is 1. The van der Waals surface area contributed by atoms with Crippen molar-refractivity contribution in [2.24, 2.45) is 0 Å². The van der Waals surface area contributed by atoms with Gasteiger partial charge in [-0.2, -0.15) is 0 Å². The lowest BCUT2D eigenvalue weighted by atomic mass is 10.0. The monoisotopic (exact) mass is 277 g/mol. The largest absolute Gasteiger partial charge is 0.493 e.